The van der Waals surface area contributed by atoms with Crippen molar-refractivity contribution in [3.8, 4) is 0 Å². The van der Waals surface area contributed by atoms with E-state index in [9.17, 15) is 4.79 Å². The van der Waals surface area contributed by atoms with Crippen molar-refractivity contribution in [3.05, 3.63) is 0 Å². The van der Waals surface area contributed by atoms with Crippen LogP contribution in [0.2, 0.25) is 0 Å². The van der Waals surface area contributed by atoms with Gasteiger partial charge in [0, 0.05) is 12.6 Å². The topological polar surface area (TPSA) is 44.4 Å². The summed E-state index contributed by atoms with van der Waals surface area (Å²) in [6, 6.07) is 0.650. The lowest BCUT2D eigenvalue weighted by Crippen LogP contribution is -2.50. The van der Waals surface area contributed by atoms with E-state index in [0.29, 0.717) is 12.0 Å². The maximum atomic E-state index is 12.4. The maximum absolute atomic E-state index is 12.4. The number of hydrogen-bond acceptors (Lipinski definition) is 3. The summed E-state index contributed by atoms with van der Waals surface area (Å²) >= 11 is 0. The van der Waals surface area contributed by atoms with E-state index < -0.39 is 0 Å². The van der Waals surface area contributed by atoms with E-state index in [0.717, 1.165) is 38.5 Å². The molecule has 2 N–H and O–H groups in total. The number of likely N-dealkylation sites (tertiary alicyclic amines) is 1. The van der Waals surface area contributed by atoms with Crippen LogP contribution in [0.1, 0.15) is 52.9 Å². The number of amides is 1. The summed E-state index contributed by atoms with van der Waals surface area (Å²) in [6.45, 7) is 10.7. The summed E-state index contributed by atoms with van der Waals surface area (Å²) in [7, 11) is 0. The average molecular weight is 295 g/mol. The largest absolute Gasteiger partial charge is 0.355 e. The second kappa shape index (κ2) is 8.14. The third-order valence-electron chi connectivity index (χ3n) is 5.17. The average Bonchev–Trinajstić information content (AvgIpc) is 2.96. The lowest BCUT2D eigenvalue weighted by molar-refractivity contribution is -0.126. The number of piperidine rings is 1. The van der Waals surface area contributed by atoms with Crippen LogP contribution in [-0.4, -0.2) is 49.1 Å². The van der Waals surface area contributed by atoms with Gasteiger partial charge in [0.15, 0.2) is 0 Å². The molecule has 0 spiro atoms. The molecular formula is C17H33N3O. The monoisotopic (exact) mass is 295 g/mol. The quantitative estimate of drug-likeness (QED) is 0.788. The molecule has 21 heavy (non-hydrogen) atoms. The fourth-order valence-electron chi connectivity index (χ4n) is 3.81. The van der Waals surface area contributed by atoms with Gasteiger partial charge in [0.25, 0.3) is 0 Å². The second-order valence-corrected chi connectivity index (χ2v) is 7.18. The molecule has 0 aromatic carbocycles. The predicted molar refractivity (Wildman–Crippen MR) is 87.2 cm³/mol. The highest BCUT2D eigenvalue weighted by molar-refractivity contribution is 5.81. The molecule has 2 atom stereocenters. The van der Waals surface area contributed by atoms with Gasteiger partial charge in [0.1, 0.15) is 0 Å². The van der Waals surface area contributed by atoms with Gasteiger partial charge in [-0.1, -0.05) is 13.8 Å². The summed E-state index contributed by atoms with van der Waals surface area (Å²) in [4.78, 5) is 14.8. The van der Waals surface area contributed by atoms with Crippen molar-refractivity contribution in [1.29, 1.82) is 0 Å². The van der Waals surface area contributed by atoms with Gasteiger partial charge in [-0.15, -0.1) is 0 Å². The van der Waals surface area contributed by atoms with E-state index in [2.05, 4.69) is 36.3 Å². The maximum Gasteiger partial charge on any atom is 0.237 e. The number of carbonyl (C=O) groups excluding carboxylic acids is 1. The van der Waals surface area contributed by atoms with Gasteiger partial charge in [-0.3, -0.25) is 9.69 Å². The molecule has 2 rings (SSSR count). The van der Waals surface area contributed by atoms with E-state index in [-0.39, 0.29) is 11.9 Å². The molecule has 4 nitrogen and oxygen atoms in total. The lowest BCUT2D eigenvalue weighted by Gasteiger charge is -2.37. The molecule has 0 aliphatic carbocycles. The summed E-state index contributed by atoms with van der Waals surface area (Å²) in [6.07, 6.45) is 6.12. The Morgan fingerprint density at radius 3 is 2.62 bits per heavy atom. The van der Waals surface area contributed by atoms with Crippen LogP contribution in [0, 0.1) is 11.8 Å². The molecule has 0 aromatic heterocycles. The smallest absolute Gasteiger partial charge is 0.237 e. The number of nitrogens with zero attached hydrogens (tertiary/aromatic N) is 1. The molecular weight excluding hydrogens is 262 g/mol. The number of nitrogens with one attached hydrogen (secondary N) is 2. The third-order valence-corrected chi connectivity index (χ3v) is 5.17. The van der Waals surface area contributed by atoms with Gasteiger partial charge in [0.05, 0.1) is 6.04 Å². The fraction of sp³-hybridized carbons (Fsp3) is 0.941. The van der Waals surface area contributed by atoms with Crippen LogP contribution in [0.25, 0.3) is 0 Å². The van der Waals surface area contributed by atoms with Crippen molar-refractivity contribution in [2.45, 2.75) is 65.0 Å². The van der Waals surface area contributed by atoms with E-state index in [4.69, 9.17) is 0 Å². The zero-order valence-corrected chi connectivity index (χ0v) is 14.0. The zero-order chi connectivity index (χ0) is 15.2. The minimum absolute atomic E-state index is 0.0274. The van der Waals surface area contributed by atoms with Crippen LogP contribution in [0.15, 0.2) is 0 Å². The van der Waals surface area contributed by atoms with Crippen molar-refractivity contribution in [2.24, 2.45) is 11.8 Å². The van der Waals surface area contributed by atoms with Crippen LogP contribution >= 0.6 is 0 Å². The molecule has 4 heteroatoms. The minimum Gasteiger partial charge on any atom is -0.355 e. The normalized spacial score (nSPS) is 26.2. The highest BCUT2D eigenvalue weighted by Crippen LogP contribution is 2.30. The molecule has 122 valence electrons. The molecule has 0 bridgehead atoms. The van der Waals surface area contributed by atoms with Gasteiger partial charge in [-0.05, 0) is 70.5 Å². The Morgan fingerprint density at radius 1 is 1.24 bits per heavy atom. The Balaban J connectivity index is 1.84. The van der Waals surface area contributed by atoms with Gasteiger partial charge >= 0.3 is 0 Å². The molecule has 2 aliphatic rings. The van der Waals surface area contributed by atoms with E-state index >= 15 is 0 Å². The molecule has 1 amide bonds. The molecule has 2 unspecified atom stereocenters. The summed E-state index contributed by atoms with van der Waals surface area (Å²) < 4.78 is 0. The van der Waals surface area contributed by atoms with Gasteiger partial charge < -0.3 is 10.6 Å². The Labute approximate surface area is 130 Å². The molecule has 2 heterocycles. The van der Waals surface area contributed by atoms with Crippen molar-refractivity contribution >= 4 is 5.91 Å². The summed E-state index contributed by atoms with van der Waals surface area (Å²) in [5.74, 6) is 1.64. The van der Waals surface area contributed by atoms with Crippen LogP contribution in [0.5, 0.6) is 0 Å². The number of rotatable bonds is 6. The van der Waals surface area contributed by atoms with Crippen molar-refractivity contribution in [2.75, 3.05) is 26.2 Å². The van der Waals surface area contributed by atoms with Crippen LogP contribution in [0.3, 0.4) is 0 Å². The third kappa shape index (κ3) is 4.68. The SMILES string of the molecule is CC(C)CCNC(=O)C(C)N1CCCC1C1CCNCC1. The minimum atomic E-state index is 0.0274. The van der Waals surface area contributed by atoms with E-state index in [1.54, 1.807) is 0 Å². The van der Waals surface area contributed by atoms with Gasteiger partial charge in [-0.25, -0.2) is 0 Å². The Bertz CT molecular complexity index is 326. The highest BCUT2D eigenvalue weighted by atomic mass is 16.2. The Hall–Kier alpha value is -0.610. The summed E-state index contributed by atoms with van der Waals surface area (Å²) in [5.41, 5.74) is 0. The first-order valence-electron chi connectivity index (χ1n) is 8.83. The highest BCUT2D eigenvalue weighted by Gasteiger charge is 2.36. The molecule has 0 saturated carbocycles. The Morgan fingerprint density at radius 2 is 1.95 bits per heavy atom. The number of carbonyl (C=O) groups is 1. The van der Waals surface area contributed by atoms with Crippen LogP contribution in [0.4, 0.5) is 0 Å². The summed E-state index contributed by atoms with van der Waals surface area (Å²) in [5, 5.41) is 6.57. The van der Waals surface area contributed by atoms with Crippen molar-refractivity contribution < 1.29 is 4.79 Å². The van der Waals surface area contributed by atoms with E-state index in [1.165, 1.54) is 25.7 Å². The zero-order valence-electron chi connectivity index (χ0n) is 14.0. The first kappa shape index (κ1) is 16.8. The van der Waals surface area contributed by atoms with Crippen molar-refractivity contribution in [3.63, 3.8) is 0 Å². The lowest BCUT2D eigenvalue weighted by atomic mass is 9.88. The molecule has 2 fully saturated rings. The van der Waals surface area contributed by atoms with Crippen molar-refractivity contribution in [1.82, 2.24) is 15.5 Å². The van der Waals surface area contributed by atoms with Crippen LogP contribution < -0.4 is 10.6 Å². The second-order valence-electron chi connectivity index (χ2n) is 7.18. The molecule has 2 saturated heterocycles. The van der Waals surface area contributed by atoms with Gasteiger partial charge in [0.2, 0.25) is 5.91 Å². The standard InChI is InChI=1S/C17H33N3O/c1-13(2)6-11-19-17(21)14(3)20-12-4-5-16(20)15-7-9-18-10-8-15/h13-16,18H,4-12H2,1-3H3,(H,19,21). The van der Waals surface area contributed by atoms with E-state index in [1.807, 2.05) is 0 Å². The van der Waals surface area contributed by atoms with Crippen LogP contribution in [-0.2, 0) is 4.79 Å². The fourth-order valence-corrected chi connectivity index (χ4v) is 3.81. The molecule has 0 aromatic rings. The predicted octanol–water partition coefficient (Wildman–Crippen LogP) is 2.00. The first-order chi connectivity index (χ1) is 10.1. The first-order valence-corrected chi connectivity index (χ1v) is 8.83. The molecule has 0 radical (unpaired) electrons. The molecule has 2 aliphatic heterocycles. The number of hydrogen-bond donors (Lipinski definition) is 2. The van der Waals surface area contributed by atoms with Gasteiger partial charge in [-0.2, -0.15) is 0 Å². The Kier molecular flexibility index (Phi) is 6.49.